The summed E-state index contributed by atoms with van der Waals surface area (Å²) < 4.78 is 5.32. The Bertz CT molecular complexity index is 451. The second-order valence-electron chi connectivity index (χ2n) is 3.78. The number of aliphatic imine (C=N–C) groups is 1. The highest BCUT2D eigenvalue weighted by atomic mass is 32.1. The van der Waals surface area contributed by atoms with Crippen molar-refractivity contribution in [2.45, 2.75) is 19.9 Å². The molecule has 0 radical (unpaired) electrons. The van der Waals surface area contributed by atoms with Crippen molar-refractivity contribution in [3.05, 3.63) is 24.2 Å². The molecule has 1 aromatic heterocycles. The molecule has 2 unspecified atom stereocenters. The molecule has 0 spiro atoms. The van der Waals surface area contributed by atoms with Gasteiger partial charge in [0.2, 0.25) is 0 Å². The van der Waals surface area contributed by atoms with Crippen molar-refractivity contribution in [3.63, 3.8) is 0 Å². The number of rotatable bonds is 2. The van der Waals surface area contributed by atoms with Gasteiger partial charge in [-0.2, -0.15) is 0 Å². The Morgan fingerprint density at radius 2 is 2.38 bits per heavy atom. The van der Waals surface area contributed by atoms with Crippen LogP contribution in [0.5, 0.6) is 0 Å². The van der Waals surface area contributed by atoms with Crippen LogP contribution in [-0.4, -0.2) is 16.6 Å². The van der Waals surface area contributed by atoms with Gasteiger partial charge in [-0.15, -0.1) is 0 Å². The largest absolute Gasteiger partial charge is 0.467 e. The second kappa shape index (κ2) is 4.17. The maximum absolute atomic E-state index is 11.6. The number of nitrogens with zero attached hydrogens (tertiary/aromatic N) is 1. The van der Waals surface area contributed by atoms with Crippen molar-refractivity contribution >= 4 is 28.8 Å². The third-order valence-corrected chi connectivity index (χ3v) is 2.84. The maximum Gasteiger partial charge on any atom is 0.193 e. The fourth-order valence-corrected chi connectivity index (χ4v) is 2.22. The number of thiocarbonyl (C=S) groups is 1. The van der Waals surface area contributed by atoms with E-state index in [0.717, 1.165) is 5.71 Å². The van der Waals surface area contributed by atoms with Crippen molar-refractivity contribution in [1.29, 1.82) is 0 Å². The molecule has 1 aromatic rings. The molecule has 2 rings (SSSR count). The number of ketones is 1. The summed E-state index contributed by atoms with van der Waals surface area (Å²) in [6.07, 6.45) is 1.58. The van der Waals surface area contributed by atoms with Crippen molar-refractivity contribution in [2.24, 2.45) is 10.9 Å². The van der Waals surface area contributed by atoms with Gasteiger partial charge in [-0.05, 0) is 38.2 Å². The van der Waals surface area contributed by atoms with E-state index in [2.05, 4.69) is 10.3 Å². The summed E-state index contributed by atoms with van der Waals surface area (Å²) in [6, 6.07) is 3.38. The zero-order chi connectivity index (χ0) is 11.7. The number of carbonyl (C=O) groups is 1. The molecule has 0 amide bonds. The van der Waals surface area contributed by atoms with E-state index in [-0.39, 0.29) is 17.7 Å². The summed E-state index contributed by atoms with van der Waals surface area (Å²) in [7, 11) is 0. The van der Waals surface area contributed by atoms with E-state index in [4.69, 9.17) is 16.6 Å². The second-order valence-corrected chi connectivity index (χ2v) is 4.17. The smallest absolute Gasteiger partial charge is 0.193 e. The molecule has 4 nitrogen and oxygen atoms in total. The SMILES string of the molecule is CC(=O)C1C(C)=NC(=S)NC1c1ccco1. The van der Waals surface area contributed by atoms with Crippen LogP contribution in [0.1, 0.15) is 25.6 Å². The average molecular weight is 236 g/mol. The molecule has 0 fully saturated rings. The third kappa shape index (κ3) is 1.90. The number of Topliss-reactive ketones (excluding diaryl/α,β-unsaturated/α-hetero) is 1. The van der Waals surface area contributed by atoms with Crippen molar-refractivity contribution in [1.82, 2.24) is 5.32 Å². The summed E-state index contributed by atoms with van der Waals surface area (Å²) in [6.45, 7) is 3.37. The number of carbonyl (C=O) groups excluding carboxylic acids is 1. The first-order chi connectivity index (χ1) is 7.59. The topological polar surface area (TPSA) is 54.6 Å². The van der Waals surface area contributed by atoms with Crippen LogP contribution in [-0.2, 0) is 4.79 Å². The van der Waals surface area contributed by atoms with E-state index in [1.807, 2.05) is 13.0 Å². The number of furan rings is 1. The highest BCUT2D eigenvalue weighted by molar-refractivity contribution is 7.80. The predicted octanol–water partition coefficient (Wildman–Crippen LogP) is 1.87. The Morgan fingerprint density at radius 3 is 2.94 bits per heavy atom. The van der Waals surface area contributed by atoms with E-state index < -0.39 is 0 Å². The van der Waals surface area contributed by atoms with Crippen molar-refractivity contribution in [2.75, 3.05) is 0 Å². The lowest BCUT2D eigenvalue weighted by Gasteiger charge is -2.28. The van der Waals surface area contributed by atoms with Crippen LogP contribution in [0, 0.1) is 5.92 Å². The minimum atomic E-state index is -0.308. The minimum Gasteiger partial charge on any atom is -0.467 e. The standard InChI is InChI=1S/C11H12N2O2S/c1-6-9(7(2)14)10(13-11(16)12-6)8-4-3-5-15-8/h3-5,9-10H,1-2H3,(H,13,16). The van der Waals surface area contributed by atoms with Crippen LogP contribution in [0.4, 0.5) is 0 Å². The number of hydrogen-bond donors (Lipinski definition) is 1. The van der Waals surface area contributed by atoms with Gasteiger partial charge < -0.3 is 9.73 Å². The Morgan fingerprint density at radius 1 is 1.62 bits per heavy atom. The monoisotopic (exact) mass is 236 g/mol. The quantitative estimate of drug-likeness (QED) is 0.796. The third-order valence-electron chi connectivity index (χ3n) is 2.63. The lowest BCUT2D eigenvalue weighted by molar-refractivity contribution is -0.119. The first kappa shape index (κ1) is 11.0. The van der Waals surface area contributed by atoms with E-state index in [1.54, 1.807) is 19.3 Å². The number of nitrogens with one attached hydrogen (secondary N) is 1. The van der Waals surface area contributed by atoms with Crippen LogP contribution in [0.2, 0.25) is 0 Å². The van der Waals surface area contributed by atoms with E-state index in [9.17, 15) is 4.79 Å². The Balaban J connectivity index is 2.40. The van der Waals surface area contributed by atoms with Gasteiger partial charge in [0.15, 0.2) is 5.11 Å². The summed E-state index contributed by atoms with van der Waals surface area (Å²) in [5.41, 5.74) is 0.734. The molecule has 1 N–H and O–H groups in total. The highest BCUT2D eigenvalue weighted by Gasteiger charge is 2.34. The molecule has 5 heteroatoms. The lowest BCUT2D eigenvalue weighted by Crippen LogP contribution is -2.42. The van der Waals surface area contributed by atoms with Crippen LogP contribution >= 0.6 is 12.2 Å². The molecule has 0 bridgehead atoms. The lowest BCUT2D eigenvalue weighted by atomic mass is 9.89. The zero-order valence-electron chi connectivity index (χ0n) is 9.06. The molecule has 2 atom stereocenters. The van der Waals surface area contributed by atoms with Crippen LogP contribution in [0.25, 0.3) is 0 Å². The van der Waals surface area contributed by atoms with Crippen LogP contribution in [0.15, 0.2) is 27.8 Å². The first-order valence-electron chi connectivity index (χ1n) is 4.99. The first-order valence-corrected chi connectivity index (χ1v) is 5.40. The Labute approximate surface area is 98.7 Å². The fraction of sp³-hybridized carbons (Fsp3) is 0.364. The van der Waals surface area contributed by atoms with Crippen LogP contribution in [0.3, 0.4) is 0 Å². The van der Waals surface area contributed by atoms with E-state index in [1.165, 1.54) is 0 Å². The highest BCUT2D eigenvalue weighted by Crippen LogP contribution is 2.27. The molecule has 2 heterocycles. The van der Waals surface area contributed by atoms with Gasteiger partial charge in [0.1, 0.15) is 17.6 Å². The summed E-state index contributed by atoms with van der Waals surface area (Å²) in [5, 5.41) is 3.41. The van der Waals surface area contributed by atoms with E-state index >= 15 is 0 Å². The van der Waals surface area contributed by atoms with Gasteiger partial charge in [-0.3, -0.25) is 4.79 Å². The molecule has 84 valence electrons. The van der Waals surface area contributed by atoms with E-state index in [0.29, 0.717) is 10.9 Å². The summed E-state index contributed by atoms with van der Waals surface area (Å²) >= 11 is 5.02. The Kier molecular flexibility index (Phi) is 2.87. The van der Waals surface area contributed by atoms with Gasteiger partial charge in [0, 0.05) is 5.71 Å². The minimum absolute atomic E-state index is 0.0534. The maximum atomic E-state index is 11.6. The molecule has 0 aliphatic carbocycles. The molecule has 1 aliphatic heterocycles. The molecular weight excluding hydrogens is 224 g/mol. The predicted molar refractivity (Wildman–Crippen MR) is 64.5 cm³/mol. The van der Waals surface area contributed by atoms with Gasteiger partial charge in [0.05, 0.1) is 12.2 Å². The van der Waals surface area contributed by atoms with Crippen molar-refractivity contribution < 1.29 is 9.21 Å². The van der Waals surface area contributed by atoms with Gasteiger partial charge >= 0.3 is 0 Å². The molecule has 0 saturated carbocycles. The Hall–Kier alpha value is -1.49. The number of hydrogen-bond acceptors (Lipinski definition) is 3. The van der Waals surface area contributed by atoms with Gasteiger partial charge in [0.25, 0.3) is 0 Å². The average Bonchev–Trinajstić information content (AvgIpc) is 2.67. The normalized spacial score (nSPS) is 24.9. The molecular formula is C11H12N2O2S. The molecule has 0 aromatic carbocycles. The van der Waals surface area contributed by atoms with Crippen LogP contribution < -0.4 is 5.32 Å². The summed E-state index contributed by atoms with van der Waals surface area (Å²) in [4.78, 5) is 15.7. The van der Waals surface area contributed by atoms with Crippen molar-refractivity contribution in [3.8, 4) is 0 Å². The fourth-order valence-electron chi connectivity index (χ4n) is 1.95. The van der Waals surface area contributed by atoms with Gasteiger partial charge in [-0.25, -0.2) is 4.99 Å². The molecule has 0 saturated heterocycles. The van der Waals surface area contributed by atoms with Gasteiger partial charge in [-0.1, -0.05) is 0 Å². The molecule has 16 heavy (non-hydrogen) atoms. The zero-order valence-corrected chi connectivity index (χ0v) is 9.88. The molecule has 1 aliphatic rings. The summed E-state index contributed by atoms with van der Waals surface area (Å²) in [5.74, 6) is 0.451.